The first-order valence-corrected chi connectivity index (χ1v) is 8.46. The maximum absolute atomic E-state index is 12.2. The molecule has 0 fully saturated rings. The molecule has 20 heavy (non-hydrogen) atoms. The van der Waals surface area contributed by atoms with E-state index in [1.807, 2.05) is 20.8 Å². The highest BCUT2D eigenvalue weighted by Crippen LogP contribution is 2.22. The highest BCUT2D eigenvalue weighted by molar-refractivity contribution is 7.89. The minimum atomic E-state index is -3.58. The molecule has 0 heterocycles. The molecule has 1 aromatic rings. The molecule has 0 bridgehead atoms. The molecule has 0 radical (unpaired) electrons. The molecule has 0 aromatic heterocycles. The molecule has 0 saturated heterocycles. The molecule has 5 nitrogen and oxygen atoms in total. The molecular weight excluding hydrogens is 298 g/mol. The number of rotatable bonds is 7. The largest absolute Gasteiger partial charge is 0.397 e. The molecule has 7 heteroatoms. The van der Waals surface area contributed by atoms with E-state index in [0.717, 1.165) is 13.1 Å². The first kappa shape index (κ1) is 17.2. The van der Waals surface area contributed by atoms with Crippen molar-refractivity contribution in [3.05, 3.63) is 23.2 Å². The summed E-state index contributed by atoms with van der Waals surface area (Å²) in [7, 11) is -3.58. The van der Waals surface area contributed by atoms with Gasteiger partial charge < -0.3 is 10.6 Å². The number of sulfonamides is 1. The summed E-state index contributed by atoms with van der Waals surface area (Å²) in [6.07, 6.45) is 0. The zero-order valence-corrected chi connectivity index (χ0v) is 13.6. The van der Waals surface area contributed by atoms with Gasteiger partial charge in [-0.1, -0.05) is 25.4 Å². The number of anilines is 1. The van der Waals surface area contributed by atoms with Crippen LogP contribution in [0.15, 0.2) is 23.1 Å². The molecule has 0 aliphatic rings. The number of nitrogens with two attached hydrogens (primary N) is 1. The van der Waals surface area contributed by atoms with Crippen molar-refractivity contribution in [1.29, 1.82) is 0 Å². The van der Waals surface area contributed by atoms with Gasteiger partial charge >= 0.3 is 0 Å². The van der Waals surface area contributed by atoms with Crippen LogP contribution in [0.2, 0.25) is 5.02 Å². The fourth-order valence-corrected chi connectivity index (χ4v) is 3.32. The van der Waals surface area contributed by atoms with Gasteiger partial charge in [0.05, 0.1) is 15.6 Å². The second-order valence-electron chi connectivity index (χ2n) is 4.69. The summed E-state index contributed by atoms with van der Waals surface area (Å²) in [4.78, 5) is 2.29. The van der Waals surface area contributed by atoms with E-state index in [1.54, 1.807) is 0 Å². The molecule has 0 aliphatic heterocycles. The van der Waals surface area contributed by atoms with Crippen molar-refractivity contribution in [2.45, 2.75) is 31.7 Å². The zero-order chi connectivity index (χ0) is 15.3. The van der Waals surface area contributed by atoms with E-state index in [0.29, 0.717) is 11.6 Å². The smallest absolute Gasteiger partial charge is 0.240 e. The molecule has 1 atom stereocenters. The van der Waals surface area contributed by atoms with Crippen LogP contribution >= 0.6 is 11.6 Å². The van der Waals surface area contributed by atoms with E-state index in [9.17, 15) is 8.42 Å². The number of hydrogen-bond acceptors (Lipinski definition) is 4. The van der Waals surface area contributed by atoms with E-state index in [1.165, 1.54) is 18.2 Å². The number of nitrogens with one attached hydrogen (secondary N) is 1. The highest BCUT2D eigenvalue weighted by Gasteiger charge is 2.19. The summed E-state index contributed by atoms with van der Waals surface area (Å²) in [6.45, 7) is 8.37. The van der Waals surface area contributed by atoms with Gasteiger partial charge in [0.15, 0.2) is 0 Å². The first-order valence-electron chi connectivity index (χ1n) is 6.59. The van der Waals surface area contributed by atoms with Crippen molar-refractivity contribution >= 4 is 27.3 Å². The van der Waals surface area contributed by atoms with Crippen molar-refractivity contribution in [2.75, 3.05) is 25.4 Å². The SMILES string of the molecule is CCN(CC)CC(C)NS(=O)(=O)c1ccc(Cl)c(N)c1. The van der Waals surface area contributed by atoms with Crippen molar-refractivity contribution in [3.8, 4) is 0 Å². The van der Waals surface area contributed by atoms with Gasteiger partial charge in [0.25, 0.3) is 0 Å². The van der Waals surface area contributed by atoms with Crippen molar-refractivity contribution in [3.63, 3.8) is 0 Å². The summed E-state index contributed by atoms with van der Waals surface area (Å²) in [5.74, 6) is 0. The average Bonchev–Trinajstić information content (AvgIpc) is 2.38. The highest BCUT2D eigenvalue weighted by atomic mass is 35.5. The van der Waals surface area contributed by atoms with Crippen LogP contribution in [0.4, 0.5) is 5.69 Å². The Morgan fingerprint density at radius 3 is 2.45 bits per heavy atom. The minimum absolute atomic E-state index is 0.130. The number of hydrogen-bond donors (Lipinski definition) is 2. The van der Waals surface area contributed by atoms with Gasteiger partial charge in [-0.15, -0.1) is 0 Å². The van der Waals surface area contributed by atoms with Crippen molar-refractivity contribution in [1.82, 2.24) is 9.62 Å². The maximum Gasteiger partial charge on any atom is 0.240 e. The standard InChI is InChI=1S/C13H22ClN3O2S/c1-4-17(5-2)9-10(3)16-20(18,19)11-6-7-12(14)13(15)8-11/h6-8,10,16H,4-5,9,15H2,1-3H3. The first-order chi connectivity index (χ1) is 9.30. The summed E-state index contributed by atoms with van der Waals surface area (Å²) >= 11 is 5.80. The Morgan fingerprint density at radius 2 is 1.95 bits per heavy atom. The van der Waals surface area contributed by atoms with E-state index < -0.39 is 10.0 Å². The summed E-state index contributed by atoms with van der Waals surface area (Å²) in [5, 5.41) is 0.347. The third kappa shape index (κ3) is 4.63. The molecule has 0 aliphatic carbocycles. The lowest BCUT2D eigenvalue weighted by Crippen LogP contribution is -2.41. The van der Waals surface area contributed by atoms with Gasteiger partial charge in [-0.25, -0.2) is 13.1 Å². The van der Waals surface area contributed by atoms with Crippen LogP contribution in [0.5, 0.6) is 0 Å². The normalized spacial score (nSPS) is 13.7. The van der Waals surface area contributed by atoms with Crippen LogP contribution in [0.3, 0.4) is 0 Å². The maximum atomic E-state index is 12.2. The van der Waals surface area contributed by atoms with E-state index in [4.69, 9.17) is 17.3 Å². The van der Waals surface area contributed by atoms with Crippen LogP contribution in [-0.4, -0.2) is 39.0 Å². The quantitative estimate of drug-likeness (QED) is 0.753. The fraction of sp³-hybridized carbons (Fsp3) is 0.538. The number of nitrogens with zero attached hydrogens (tertiary/aromatic N) is 1. The lowest BCUT2D eigenvalue weighted by molar-refractivity contribution is 0.282. The van der Waals surface area contributed by atoms with E-state index >= 15 is 0 Å². The van der Waals surface area contributed by atoms with Gasteiger partial charge in [-0.2, -0.15) is 0 Å². The lowest BCUT2D eigenvalue weighted by atomic mass is 10.3. The summed E-state index contributed by atoms with van der Waals surface area (Å²) in [5.41, 5.74) is 5.90. The van der Waals surface area contributed by atoms with Crippen LogP contribution in [0.25, 0.3) is 0 Å². The van der Waals surface area contributed by atoms with Gasteiger partial charge in [-0.05, 0) is 38.2 Å². The van der Waals surface area contributed by atoms with Gasteiger partial charge in [0.1, 0.15) is 0 Å². The molecule has 0 amide bonds. The molecule has 1 unspecified atom stereocenters. The Hall–Kier alpha value is -0.820. The number of halogens is 1. The number of benzene rings is 1. The molecule has 1 rings (SSSR count). The van der Waals surface area contributed by atoms with Crippen LogP contribution in [-0.2, 0) is 10.0 Å². The average molecular weight is 320 g/mol. The van der Waals surface area contributed by atoms with Gasteiger partial charge in [0, 0.05) is 12.6 Å². The fourth-order valence-electron chi connectivity index (χ4n) is 1.93. The lowest BCUT2D eigenvalue weighted by Gasteiger charge is -2.23. The Morgan fingerprint density at radius 1 is 1.35 bits per heavy atom. The third-order valence-corrected chi connectivity index (χ3v) is 4.99. The predicted octanol–water partition coefficient (Wildman–Crippen LogP) is 1.93. The second kappa shape index (κ2) is 7.26. The molecule has 1 aromatic carbocycles. The Balaban J connectivity index is 2.81. The molecule has 3 N–H and O–H groups in total. The predicted molar refractivity (Wildman–Crippen MR) is 83.4 cm³/mol. The van der Waals surface area contributed by atoms with Crippen molar-refractivity contribution < 1.29 is 8.42 Å². The number of nitrogen functional groups attached to an aromatic ring is 1. The van der Waals surface area contributed by atoms with E-state index in [2.05, 4.69) is 9.62 Å². The van der Waals surface area contributed by atoms with Crippen LogP contribution < -0.4 is 10.5 Å². The Kier molecular flexibility index (Phi) is 6.26. The van der Waals surface area contributed by atoms with Gasteiger partial charge in [-0.3, -0.25) is 0 Å². The topological polar surface area (TPSA) is 75.4 Å². The minimum Gasteiger partial charge on any atom is -0.397 e. The van der Waals surface area contributed by atoms with Crippen LogP contribution in [0, 0.1) is 0 Å². The van der Waals surface area contributed by atoms with E-state index in [-0.39, 0.29) is 16.6 Å². The third-order valence-electron chi connectivity index (χ3n) is 3.06. The molecule has 114 valence electrons. The second-order valence-corrected chi connectivity index (χ2v) is 6.81. The molecule has 0 spiro atoms. The Bertz CT molecular complexity index is 545. The monoisotopic (exact) mass is 319 g/mol. The summed E-state index contributed by atoms with van der Waals surface area (Å²) in [6, 6.07) is 4.12. The molecule has 0 saturated carbocycles. The van der Waals surface area contributed by atoms with Crippen LogP contribution in [0.1, 0.15) is 20.8 Å². The van der Waals surface area contributed by atoms with Gasteiger partial charge in [0.2, 0.25) is 10.0 Å². The summed E-state index contributed by atoms with van der Waals surface area (Å²) < 4.78 is 27.1. The Labute approximate surface area is 126 Å². The van der Waals surface area contributed by atoms with Crippen molar-refractivity contribution in [2.24, 2.45) is 0 Å². The number of likely N-dealkylation sites (N-methyl/N-ethyl adjacent to an activating group) is 1. The molecular formula is C13H22ClN3O2S. The zero-order valence-electron chi connectivity index (χ0n) is 12.1.